The van der Waals surface area contributed by atoms with Crippen LogP contribution < -0.4 is 0 Å². The zero-order chi connectivity index (χ0) is 7.44. The second-order valence-corrected chi connectivity index (χ2v) is 4.38. The van der Waals surface area contributed by atoms with Crippen LogP contribution in [-0.4, -0.2) is 39.1 Å². The maximum atomic E-state index is 2.33. The summed E-state index contributed by atoms with van der Waals surface area (Å²) in [5.41, 5.74) is 0. The first-order valence-corrected chi connectivity index (χ1v) is 5.37. The van der Waals surface area contributed by atoms with Crippen LogP contribution in [-0.2, 0) is 0 Å². The number of nitrogens with zero attached hydrogens (tertiary/aromatic N) is 1. The Balaban J connectivity index is 0. The van der Waals surface area contributed by atoms with Gasteiger partial charge in [-0.05, 0) is 0 Å². The predicted molar refractivity (Wildman–Crippen MR) is 45.0 cm³/mol. The van der Waals surface area contributed by atoms with Crippen LogP contribution in [0.3, 0.4) is 0 Å². The van der Waals surface area contributed by atoms with E-state index in [0.717, 1.165) is 10.8 Å². The van der Waals surface area contributed by atoms with Gasteiger partial charge in [0.1, 0.15) is 0 Å². The number of hydrogen-bond acceptors (Lipinski definition) is 1. The first-order chi connectivity index (χ1) is 4.09. The fraction of sp³-hybridized carbons (Fsp3) is 1.00. The maximum absolute atomic E-state index is 2.33. The molecule has 0 aromatic heterocycles. The van der Waals surface area contributed by atoms with Gasteiger partial charge < -0.3 is 1.43 Å². The van der Waals surface area contributed by atoms with E-state index in [9.17, 15) is 0 Å². The number of hydrogen-bond donors (Lipinski definition) is 0. The molecule has 1 unspecified atom stereocenters. The van der Waals surface area contributed by atoms with Gasteiger partial charge in [-0.3, -0.25) is 0 Å². The van der Waals surface area contributed by atoms with Crippen LogP contribution >= 0.6 is 0 Å². The Bertz CT molecular complexity index is 68.0. The summed E-state index contributed by atoms with van der Waals surface area (Å²) >= 11 is 0.597. The van der Waals surface area contributed by atoms with Crippen LogP contribution in [0.4, 0.5) is 0 Å². The van der Waals surface area contributed by atoms with Gasteiger partial charge in [-0.1, -0.05) is 0 Å². The van der Waals surface area contributed by atoms with E-state index in [1.807, 2.05) is 0 Å². The molecule has 0 heterocycles. The molecule has 2 heteroatoms. The Morgan fingerprint density at radius 3 is 1.78 bits per heavy atom. The monoisotopic (exact) mass is 143 g/mol. The van der Waals surface area contributed by atoms with Crippen molar-refractivity contribution in [2.24, 2.45) is 5.92 Å². The first kappa shape index (κ1) is 9.49. The third-order valence-corrected chi connectivity index (χ3v) is 3.67. The van der Waals surface area contributed by atoms with Crippen molar-refractivity contribution in [2.75, 3.05) is 14.1 Å². The topological polar surface area (TPSA) is 3.24 Å². The Labute approximate surface area is 66.6 Å². The van der Waals surface area contributed by atoms with Gasteiger partial charge in [0.25, 0.3) is 0 Å². The SMILES string of the molecule is [CH3][Al+][CH](C(C)C)N(C)C.[H-]. The Morgan fingerprint density at radius 1 is 1.33 bits per heavy atom. The van der Waals surface area contributed by atoms with Gasteiger partial charge in [-0.15, -0.1) is 0 Å². The number of rotatable bonds is 3. The maximum Gasteiger partial charge on any atom is -1.00 e. The van der Waals surface area contributed by atoms with Crippen molar-refractivity contribution in [2.45, 2.75) is 24.5 Å². The average Bonchev–Trinajstić information content (AvgIpc) is 1.64. The second kappa shape index (κ2) is 4.33. The van der Waals surface area contributed by atoms with Gasteiger partial charge in [0.2, 0.25) is 0 Å². The van der Waals surface area contributed by atoms with E-state index in [0.29, 0.717) is 15.2 Å². The van der Waals surface area contributed by atoms with Crippen molar-refractivity contribution < 1.29 is 1.43 Å². The third kappa shape index (κ3) is 3.25. The summed E-state index contributed by atoms with van der Waals surface area (Å²) in [4.78, 5) is 3.17. The molecule has 0 aliphatic rings. The fourth-order valence-electron chi connectivity index (χ4n) is 1.28. The summed E-state index contributed by atoms with van der Waals surface area (Å²) < 4.78 is 0. The van der Waals surface area contributed by atoms with Gasteiger partial charge in [-0.25, -0.2) is 0 Å². The molecule has 0 N–H and O–H groups in total. The molecular weight excluding hydrogens is 125 g/mol. The third-order valence-electron chi connectivity index (χ3n) is 1.62. The van der Waals surface area contributed by atoms with E-state index in [2.05, 4.69) is 38.6 Å². The van der Waals surface area contributed by atoms with Crippen molar-refractivity contribution in [3.8, 4) is 0 Å². The second-order valence-electron chi connectivity index (χ2n) is 3.03. The smallest absolute Gasteiger partial charge is 1.00 e. The molecule has 0 spiro atoms. The summed E-state index contributed by atoms with van der Waals surface area (Å²) in [7, 11) is 4.34. The molecule has 54 valence electrons. The summed E-state index contributed by atoms with van der Waals surface area (Å²) in [5.74, 6) is 3.14. The molecule has 0 bridgehead atoms. The van der Waals surface area contributed by atoms with Crippen molar-refractivity contribution in [3.63, 3.8) is 0 Å². The fourth-order valence-corrected chi connectivity index (χ4v) is 2.65. The standard InChI is InChI=1S/C6H14N.CH3.Al.H/c1-6(2)5-7(3)4;;;/h5-6H,1-4H3;1H3;;/q;;+1;-1. The van der Waals surface area contributed by atoms with Crippen LogP contribution in [0.1, 0.15) is 15.3 Å². The molecule has 0 aliphatic heterocycles. The van der Waals surface area contributed by atoms with Gasteiger partial charge in [0.05, 0.1) is 0 Å². The molecule has 0 rings (SSSR count). The van der Waals surface area contributed by atoms with Crippen molar-refractivity contribution in [1.82, 2.24) is 4.90 Å². The summed E-state index contributed by atoms with van der Waals surface area (Å²) in [6, 6.07) is 0. The van der Waals surface area contributed by atoms with Crippen molar-refractivity contribution in [3.05, 3.63) is 0 Å². The van der Waals surface area contributed by atoms with E-state index in [1.54, 1.807) is 0 Å². The van der Waals surface area contributed by atoms with Gasteiger partial charge in [0, 0.05) is 0 Å². The van der Waals surface area contributed by atoms with E-state index in [-0.39, 0.29) is 1.43 Å². The van der Waals surface area contributed by atoms with Crippen LogP contribution in [0.15, 0.2) is 0 Å². The average molecular weight is 143 g/mol. The summed E-state index contributed by atoms with van der Waals surface area (Å²) in [6.45, 7) is 4.59. The minimum atomic E-state index is 0. The zero-order valence-electron chi connectivity index (χ0n) is 8.18. The largest absolute Gasteiger partial charge is 1.00 e. The minimum absolute atomic E-state index is 0. The molecule has 0 saturated carbocycles. The van der Waals surface area contributed by atoms with E-state index >= 15 is 0 Å². The van der Waals surface area contributed by atoms with Crippen LogP contribution in [0.25, 0.3) is 0 Å². The Hall–Kier alpha value is 0.492. The normalized spacial score (nSPS) is 14.1. The molecule has 0 radical (unpaired) electrons. The molecule has 9 heavy (non-hydrogen) atoms. The van der Waals surface area contributed by atoms with Crippen LogP contribution in [0, 0.1) is 5.92 Å². The molecule has 1 atom stereocenters. The Kier molecular flexibility index (Phi) is 4.57. The van der Waals surface area contributed by atoms with Crippen molar-refractivity contribution >= 4 is 15.2 Å². The Morgan fingerprint density at radius 2 is 1.78 bits per heavy atom. The van der Waals surface area contributed by atoms with Crippen LogP contribution in [0.2, 0.25) is 5.79 Å². The summed E-state index contributed by atoms with van der Waals surface area (Å²) in [5, 5.41) is 0. The molecule has 0 aliphatic carbocycles. The predicted octanol–water partition coefficient (Wildman–Crippen LogP) is 1.39. The van der Waals surface area contributed by atoms with E-state index in [4.69, 9.17) is 0 Å². The molecule has 1 nitrogen and oxygen atoms in total. The zero-order valence-corrected chi connectivity index (χ0v) is 8.33. The quantitative estimate of drug-likeness (QED) is 0.540. The van der Waals surface area contributed by atoms with Gasteiger partial charge >= 0.3 is 64.7 Å². The molecule has 0 amide bonds. The molecule has 0 saturated heterocycles. The van der Waals surface area contributed by atoms with Crippen LogP contribution in [0.5, 0.6) is 0 Å². The minimum Gasteiger partial charge on any atom is -1.00 e. The van der Waals surface area contributed by atoms with E-state index in [1.165, 1.54) is 0 Å². The molecule has 0 fully saturated rings. The molecule has 0 aromatic rings. The molecule has 0 aromatic carbocycles. The summed E-state index contributed by atoms with van der Waals surface area (Å²) in [6.07, 6.45) is 0. The van der Waals surface area contributed by atoms with Gasteiger partial charge in [-0.2, -0.15) is 0 Å². The van der Waals surface area contributed by atoms with Crippen molar-refractivity contribution in [1.29, 1.82) is 0 Å². The molecular formula is C7H18AlN. The van der Waals surface area contributed by atoms with Gasteiger partial charge in [0.15, 0.2) is 0 Å². The first-order valence-electron chi connectivity index (χ1n) is 3.55. The van der Waals surface area contributed by atoms with E-state index < -0.39 is 0 Å².